The normalized spacial score (nSPS) is 22.1. The van der Waals surface area contributed by atoms with Gasteiger partial charge in [0, 0.05) is 24.7 Å². The highest BCUT2D eigenvalue weighted by atomic mass is 19.1. The molecule has 1 aliphatic carbocycles. The maximum Gasteiger partial charge on any atom is 0.254 e. The van der Waals surface area contributed by atoms with Crippen LogP contribution in [-0.2, 0) is 4.74 Å². The van der Waals surface area contributed by atoms with E-state index in [-0.39, 0.29) is 29.6 Å². The fraction of sp³-hybridized carbons (Fsp3) is 0.480. The summed E-state index contributed by atoms with van der Waals surface area (Å²) in [6, 6.07) is 13.8. The fourth-order valence-corrected chi connectivity index (χ4v) is 4.55. The van der Waals surface area contributed by atoms with Crippen molar-refractivity contribution in [3.05, 3.63) is 65.0 Å². The second-order valence-electron chi connectivity index (χ2n) is 8.72. The number of carbonyl (C=O) groups is 1. The average molecular weight is 427 g/mol. The van der Waals surface area contributed by atoms with Crippen molar-refractivity contribution in [2.24, 2.45) is 0 Å². The highest BCUT2D eigenvalue weighted by Crippen LogP contribution is 2.36. The zero-order valence-electron chi connectivity index (χ0n) is 18.4. The zero-order valence-corrected chi connectivity index (χ0v) is 18.4. The van der Waals surface area contributed by atoms with Gasteiger partial charge in [-0.1, -0.05) is 18.2 Å². The van der Waals surface area contributed by atoms with Crippen molar-refractivity contribution >= 4 is 5.91 Å². The van der Waals surface area contributed by atoms with Gasteiger partial charge in [0.2, 0.25) is 0 Å². The third-order valence-electron chi connectivity index (χ3n) is 6.71. The molecule has 2 aliphatic rings. The lowest BCUT2D eigenvalue weighted by atomic mass is 9.96. The van der Waals surface area contributed by atoms with E-state index in [4.69, 9.17) is 9.47 Å². The van der Waals surface area contributed by atoms with Crippen LogP contribution in [0.3, 0.4) is 0 Å². The SMILES string of the molecule is COc1cc([C@@H](C)N[C@H]2CCC(c3ccc(C(=O)N(C)C4COC4)cc3)C2)ccc1F. The summed E-state index contributed by atoms with van der Waals surface area (Å²) < 4.78 is 24.0. The van der Waals surface area contributed by atoms with Crippen molar-refractivity contribution in [1.82, 2.24) is 10.2 Å². The number of nitrogens with one attached hydrogen (secondary N) is 1. The van der Waals surface area contributed by atoms with Crippen LogP contribution in [0.5, 0.6) is 5.75 Å². The molecule has 1 N–H and O–H groups in total. The fourth-order valence-electron chi connectivity index (χ4n) is 4.55. The van der Waals surface area contributed by atoms with E-state index in [1.54, 1.807) is 11.0 Å². The number of rotatable bonds is 7. The third-order valence-corrected chi connectivity index (χ3v) is 6.71. The first-order chi connectivity index (χ1) is 15.0. The molecule has 0 aromatic heterocycles. The van der Waals surface area contributed by atoms with Gasteiger partial charge in [-0.2, -0.15) is 0 Å². The molecule has 1 amide bonds. The molecule has 166 valence electrons. The Labute approximate surface area is 183 Å². The standard InChI is InChI=1S/C25H31FN2O3/c1-16(19-9-11-23(26)24(13-19)30-3)27-21-10-8-20(12-21)17-4-6-18(7-5-17)25(29)28(2)22-14-31-15-22/h4-7,9,11,13,16,20-22,27H,8,10,12,14-15H2,1-3H3/t16-,20?,21+/m1/s1. The zero-order chi connectivity index (χ0) is 22.0. The van der Waals surface area contributed by atoms with Gasteiger partial charge in [-0.25, -0.2) is 4.39 Å². The van der Waals surface area contributed by atoms with Crippen molar-refractivity contribution in [2.75, 3.05) is 27.4 Å². The molecule has 5 nitrogen and oxygen atoms in total. The van der Waals surface area contributed by atoms with E-state index < -0.39 is 0 Å². The second-order valence-corrected chi connectivity index (χ2v) is 8.72. The van der Waals surface area contributed by atoms with E-state index in [9.17, 15) is 9.18 Å². The maximum absolute atomic E-state index is 13.7. The molecule has 0 spiro atoms. The van der Waals surface area contributed by atoms with Crippen LogP contribution in [0, 0.1) is 5.82 Å². The van der Waals surface area contributed by atoms with Gasteiger partial charge < -0.3 is 19.7 Å². The maximum atomic E-state index is 13.7. The second kappa shape index (κ2) is 9.37. The molecule has 1 unspecified atom stereocenters. The largest absolute Gasteiger partial charge is 0.494 e. The molecule has 2 aromatic carbocycles. The monoisotopic (exact) mass is 426 g/mol. The highest BCUT2D eigenvalue weighted by molar-refractivity contribution is 5.94. The Morgan fingerprint density at radius 2 is 1.94 bits per heavy atom. The van der Waals surface area contributed by atoms with Gasteiger partial charge >= 0.3 is 0 Å². The quantitative estimate of drug-likeness (QED) is 0.718. The lowest BCUT2D eigenvalue weighted by molar-refractivity contribution is -0.0467. The van der Waals surface area contributed by atoms with E-state index in [1.807, 2.05) is 25.2 Å². The Kier molecular flexibility index (Phi) is 6.58. The van der Waals surface area contributed by atoms with Crippen molar-refractivity contribution in [1.29, 1.82) is 0 Å². The summed E-state index contributed by atoms with van der Waals surface area (Å²) >= 11 is 0. The minimum atomic E-state index is -0.339. The van der Waals surface area contributed by atoms with E-state index in [1.165, 1.54) is 18.7 Å². The lowest BCUT2D eigenvalue weighted by Crippen LogP contribution is -2.49. The topological polar surface area (TPSA) is 50.8 Å². The molecular formula is C25H31FN2O3. The van der Waals surface area contributed by atoms with Gasteiger partial charge in [0.15, 0.2) is 11.6 Å². The predicted octanol–water partition coefficient (Wildman–Crippen LogP) is 4.29. The number of likely N-dealkylation sites (N-methyl/N-ethyl adjacent to an activating group) is 1. The Morgan fingerprint density at radius 3 is 2.58 bits per heavy atom. The molecule has 31 heavy (non-hydrogen) atoms. The summed E-state index contributed by atoms with van der Waals surface area (Å²) in [6.07, 6.45) is 3.26. The van der Waals surface area contributed by atoms with Crippen molar-refractivity contribution in [3.63, 3.8) is 0 Å². The molecule has 0 bridgehead atoms. The number of hydrogen-bond acceptors (Lipinski definition) is 4. The van der Waals surface area contributed by atoms with Crippen LogP contribution in [0.4, 0.5) is 4.39 Å². The van der Waals surface area contributed by atoms with Crippen molar-refractivity contribution < 1.29 is 18.7 Å². The molecule has 1 saturated heterocycles. The van der Waals surface area contributed by atoms with Crippen LogP contribution in [0.25, 0.3) is 0 Å². The van der Waals surface area contributed by atoms with Crippen LogP contribution < -0.4 is 10.1 Å². The van der Waals surface area contributed by atoms with Gasteiger partial charge in [-0.3, -0.25) is 4.79 Å². The van der Waals surface area contributed by atoms with E-state index >= 15 is 0 Å². The van der Waals surface area contributed by atoms with E-state index in [2.05, 4.69) is 24.4 Å². The molecule has 1 aliphatic heterocycles. The molecule has 2 fully saturated rings. The lowest BCUT2D eigenvalue weighted by Gasteiger charge is -2.34. The minimum Gasteiger partial charge on any atom is -0.494 e. The number of amides is 1. The van der Waals surface area contributed by atoms with Crippen molar-refractivity contribution in [3.8, 4) is 5.75 Å². The number of halogens is 1. The van der Waals surface area contributed by atoms with Crippen LogP contribution in [0.15, 0.2) is 42.5 Å². The van der Waals surface area contributed by atoms with Crippen LogP contribution >= 0.6 is 0 Å². The van der Waals surface area contributed by atoms with Gasteiger partial charge in [0.05, 0.1) is 26.4 Å². The summed E-state index contributed by atoms with van der Waals surface area (Å²) in [6.45, 7) is 3.35. The van der Waals surface area contributed by atoms with Crippen molar-refractivity contribution in [2.45, 2.75) is 50.2 Å². The molecule has 3 atom stereocenters. The molecule has 0 radical (unpaired) electrons. The van der Waals surface area contributed by atoms with Crippen LogP contribution in [0.2, 0.25) is 0 Å². The van der Waals surface area contributed by atoms with E-state index in [0.717, 1.165) is 30.4 Å². The van der Waals surface area contributed by atoms with Gasteiger partial charge in [-0.15, -0.1) is 0 Å². The van der Waals surface area contributed by atoms with Gasteiger partial charge in [-0.05, 0) is 67.5 Å². The number of nitrogens with zero attached hydrogens (tertiary/aromatic N) is 1. The number of methoxy groups -OCH3 is 1. The predicted molar refractivity (Wildman–Crippen MR) is 118 cm³/mol. The molecule has 1 saturated carbocycles. The van der Waals surface area contributed by atoms with Crippen LogP contribution in [0.1, 0.15) is 59.6 Å². The summed E-state index contributed by atoms with van der Waals surface area (Å²) in [5.41, 5.74) is 3.03. The Hall–Kier alpha value is -2.44. The number of ether oxygens (including phenoxy) is 2. The summed E-state index contributed by atoms with van der Waals surface area (Å²) in [4.78, 5) is 14.4. The summed E-state index contributed by atoms with van der Waals surface area (Å²) in [5, 5.41) is 3.68. The number of benzene rings is 2. The Balaban J connectivity index is 1.33. The Bertz CT molecular complexity index is 913. The number of hydrogen-bond donors (Lipinski definition) is 1. The molecule has 2 aromatic rings. The minimum absolute atomic E-state index is 0.0503. The molecule has 6 heteroatoms. The molecule has 4 rings (SSSR count). The first-order valence-electron chi connectivity index (χ1n) is 11.0. The van der Waals surface area contributed by atoms with E-state index in [0.29, 0.717) is 25.2 Å². The summed E-state index contributed by atoms with van der Waals surface area (Å²) in [5.74, 6) is 0.470. The number of carbonyl (C=O) groups excluding carboxylic acids is 1. The third kappa shape index (κ3) is 4.75. The highest BCUT2D eigenvalue weighted by Gasteiger charge is 2.29. The van der Waals surface area contributed by atoms with Crippen LogP contribution in [-0.4, -0.2) is 50.3 Å². The first-order valence-corrected chi connectivity index (χ1v) is 11.0. The Morgan fingerprint density at radius 1 is 1.19 bits per heavy atom. The van der Waals surface area contributed by atoms with Gasteiger partial charge in [0.1, 0.15) is 0 Å². The smallest absolute Gasteiger partial charge is 0.254 e. The summed E-state index contributed by atoms with van der Waals surface area (Å²) in [7, 11) is 3.33. The molecule has 1 heterocycles. The molecular weight excluding hydrogens is 395 g/mol. The first kappa shape index (κ1) is 21.8. The van der Waals surface area contributed by atoms with Gasteiger partial charge in [0.25, 0.3) is 5.91 Å². The average Bonchev–Trinajstić information content (AvgIpc) is 3.20.